The molecule has 0 spiro atoms. The van der Waals surface area contributed by atoms with Crippen LogP contribution in [0.5, 0.6) is 23.0 Å². The number of hydrogen-bond acceptors (Lipinski definition) is 9. The van der Waals surface area contributed by atoms with Crippen LogP contribution in [-0.4, -0.2) is 37.6 Å². The molecule has 1 amide bonds. The highest BCUT2D eigenvalue weighted by Crippen LogP contribution is 2.31. The van der Waals surface area contributed by atoms with Crippen LogP contribution in [0.1, 0.15) is 22.8 Å². The Bertz CT molecular complexity index is 1430. The summed E-state index contributed by atoms with van der Waals surface area (Å²) < 4.78 is 21.1. The molecule has 0 fully saturated rings. The topological polar surface area (TPSA) is 150 Å². The van der Waals surface area contributed by atoms with Gasteiger partial charge in [-0.3, -0.25) is 14.9 Å². The minimum absolute atomic E-state index is 0.0993. The molecule has 11 nitrogen and oxygen atoms in total. The fraction of sp³-hybridized carbons (Fsp3) is 0.148. The molecule has 38 heavy (non-hydrogen) atoms. The Balaban J connectivity index is 1.84. The summed E-state index contributed by atoms with van der Waals surface area (Å²) in [6.45, 7) is 2.00. The van der Waals surface area contributed by atoms with Crippen LogP contribution in [0.25, 0.3) is 6.08 Å². The van der Waals surface area contributed by atoms with Gasteiger partial charge in [-0.1, -0.05) is 6.07 Å². The lowest BCUT2D eigenvalue weighted by Gasteiger charge is -2.12. The second-order valence-electron chi connectivity index (χ2n) is 7.52. The summed E-state index contributed by atoms with van der Waals surface area (Å²) in [5.74, 6) is -0.286. The van der Waals surface area contributed by atoms with E-state index < -0.39 is 22.5 Å². The van der Waals surface area contributed by atoms with Gasteiger partial charge in [0.05, 0.1) is 37.4 Å². The molecule has 1 N–H and O–H groups in total. The van der Waals surface area contributed by atoms with E-state index in [0.717, 1.165) is 6.07 Å². The van der Waals surface area contributed by atoms with Crippen molar-refractivity contribution >= 4 is 29.3 Å². The summed E-state index contributed by atoms with van der Waals surface area (Å²) in [5, 5.41) is 23.3. The number of nitrogens with one attached hydrogen (secondary N) is 1. The molecule has 0 aromatic heterocycles. The lowest BCUT2D eigenvalue weighted by atomic mass is 10.1. The molecule has 0 saturated heterocycles. The first-order valence-corrected chi connectivity index (χ1v) is 11.2. The lowest BCUT2D eigenvalue weighted by Crippen LogP contribution is -2.14. The second-order valence-corrected chi connectivity index (χ2v) is 7.52. The zero-order chi connectivity index (χ0) is 27.7. The predicted molar refractivity (Wildman–Crippen MR) is 137 cm³/mol. The molecule has 3 aromatic rings. The van der Waals surface area contributed by atoms with Gasteiger partial charge < -0.3 is 24.3 Å². The first kappa shape index (κ1) is 27.2. The molecule has 3 rings (SSSR count). The van der Waals surface area contributed by atoms with Crippen LogP contribution in [0.3, 0.4) is 0 Å². The number of amides is 1. The number of nitro benzene ring substituents is 1. The molecule has 0 aliphatic rings. The average Bonchev–Trinajstić information content (AvgIpc) is 2.93. The third-order valence-electron chi connectivity index (χ3n) is 5.12. The Labute approximate surface area is 218 Å². The zero-order valence-electron chi connectivity index (χ0n) is 20.7. The standard InChI is InChI=1S/C27H23N3O8/c1-4-37-25-14-17(5-12-24(25)38-27(32)18-6-8-20(35-2)9-7-18)13-19(16-28)26(31)29-22-11-10-21(36-3)15-23(22)30(33)34/h5-15H,4H2,1-3H3,(H,29,31)/b19-13+. The monoisotopic (exact) mass is 517 g/mol. The molecule has 0 atom stereocenters. The van der Waals surface area contributed by atoms with Crippen LogP contribution in [0, 0.1) is 21.4 Å². The van der Waals surface area contributed by atoms with E-state index in [2.05, 4.69) is 5.32 Å². The molecule has 0 heterocycles. The van der Waals surface area contributed by atoms with E-state index in [-0.39, 0.29) is 35.1 Å². The summed E-state index contributed by atoms with van der Waals surface area (Å²) in [5.41, 5.74) is -0.114. The minimum Gasteiger partial charge on any atom is -0.497 e. The van der Waals surface area contributed by atoms with Gasteiger partial charge in [0.1, 0.15) is 28.8 Å². The normalized spacial score (nSPS) is 10.6. The Morgan fingerprint density at radius 2 is 1.68 bits per heavy atom. The zero-order valence-corrected chi connectivity index (χ0v) is 20.7. The Kier molecular flexibility index (Phi) is 8.99. The third-order valence-corrected chi connectivity index (χ3v) is 5.12. The van der Waals surface area contributed by atoms with Gasteiger partial charge >= 0.3 is 5.97 Å². The molecule has 0 bridgehead atoms. The molecular formula is C27H23N3O8. The summed E-state index contributed by atoms with van der Waals surface area (Å²) in [6.07, 6.45) is 1.28. The third kappa shape index (κ3) is 6.64. The summed E-state index contributed by atoms with van der Waals surface area (Å²) >= 11 is 0. The molecule has 194 valence electrons. The van der Waals surface area contributed by atoms with Gasteiger partial charge in [0.2, 0.25) is 0 Å². The summed E-state index contributed by atoms with van der Waals surface area (Å²) in [4.78, 5) is 36.0. The van der Waals surface area contributed by atoms with Crippen molar-refractivity contribution in [2.24, 2.45) is 0 Å². The van der Waals surface area contributed by atoms with Crippen molar-refractivity contribution in [3.05, 3.63) is 87.5 Å². The van der Waals surface area contributed by atoms with Crippen LogP contribution >= 0.6 is 0 Å². The number of anilines is 1. The van der Waals surface area contributed by atoms with Gasteiger partial charge in [-0.2, -0.15) is 5.26 Å². The Morgan fingerprint density at radius 3 is 2.29 bits per heavy atom. The van der Waals surface area contributed by atoms with Crippen LogP contribution in [0.4, 0.5) is 11.4 Å². The van der Waals surface area contributed by atoms with Gasteiger partial charge in [-0.25, -0.2) is 4.79 Å². The number of carbonyl (C=O) groups excluding carboxylic acids is 2. The fourth-order valence-electron chi connectivity index (χ4n) is 3.25. The number of esters is 1. The van der Waals surface area contributed by atoms with E-state index in [1.54, 1.807) is 37.3 Å². The molecule has 0 aliphatic carbocycles. The Hall–Kier alpha value is -5.37. The van der Waals surface area contributed by atoms with Crippen LogP contribution in [0.15, 0.2) is 66.2 Å². The van der Waals surface area contributed by atoms with E-state index in [4.69, 9.17) is 18.9 Å². The first-order chi connectivity index (χ1) is 18.3. The highest BCUT2D eigenvalue weighted by atomic mass is 16.6. The van der Waals surface area contributed by atoms with Crippen molar-refractivity contribution in [1.82, 2.24) is 0 Å². The number of nitrogens with zero attached hydrogens (tertiary/aromatic N) is 2. The molecule has 0 unspecified atom stereocenters. The van der Waals surface area contributed by atoms with Crippen molar-refractivity contribution in [2.45, 2.75) is 6.92 Å². The average molecular weight is 517 g/mol. The number of carbonyl (C=O) groups is 2. The van der Waals surface area contributed by atoms with Gasteiger partial charge in [0.25, 0.3) is 11.6 Å². The molecule has 0 saturated carbocycles. The number of hydrogen-bond donors (Lipinski definition) is 1. The molecule has 3 aromatic carbocycles. The first-order valence-electron chi connectivity index (χ1n) is 11.2. The van der Waals surface area contributed by atoms with Gasteiger partial charge in [-0.05, 0) is 67.1 Å². The van der Waals surface area contributed by atoms with E-state index in [1.165, 1.54) is 50.6 Å². The maximum absolute atomic E-state index is 12.7. The number of ether oxygens (including phenoxy) is 4. The van der Waals surface area contributed by atoms with Crippen molar-refractivity contribution in [1.29, 1.82) is 5.26 Å². The number of rotatable bonds is 10. The van der Waals surface area contributed by atoms with Crippen molar-refractivity contribution < 1.29 is 33.5 Å². The van der Waals surface area contributed by atoms with Crippen LogP contribution < -0.4 is 24.3 Å². The van der Waals surface area contributed by atoms with Gasteiger partial charge in [-0.15, -0.1) is 0 Å². The Morgan fingerprint density at radius 1 is 1.00 bits per heavy atom. The maximum atomic E-state index is 12.7. The lowest BCUT2D eigenvalue weighted by molar-refractivity contribution is -0.384. The van der Waals surface area contributed by atoms with Crippen molar-refractivity contribution in [3.63, 3.8) is 0 Å². The molecule has 0 aliphatic heterocycles. The van der Waals surface area contributed by atoms with E-state index in [1.807, 2.05) is 0 Å². The van der Waals surface area contributed by atoms with E-state index >= 15 is 0 Å². The summed E-state index contributed by atoms with van der Waals surface area (Å²) in [6, 6.07) is 16.6. The highest BCUT2D eigenvalue weighted by Gasteiger charge is 2.20. The fourth-order valence-corrected chi connectivity index (χ4v) is 3.25. The SMILES string of the molecule is CCOc1cc(/C=C(\C#N)C(=O)Nc2ccc(OC)cc2[N+](=O)[O-])ccc1OC(=O)c1ccc(OC)cc1. The van der Waals surface area contributed by atoms with E-state index in [9.17, 15) is 25.0 Å². The van der Waals surface area contributed by atoms with Crippen molar-refractivity contribution in [3.8, 4) is 29.1 Å². The summed E-state index contributed by atoms with van der Waals surface area (Å²) in [7, 11) is 2.87. The maximum Gasteiger partial charge on any atom is 0.343 e. The quantitative estimate of drug-likeness (QED) is 0.100. The number of nitriles is 1. The predicted octanol–water partition coefficient (Wildman–Crippen LogP) is 4.78. The highest BCUT2D eigenvalue weighted by molar-refractivity contribution is 6.10. The number of benzene rings is 3. The van der Waals surface area contributed by atoms with Crippen LogP contribution in [-0.2, 0) is 4.79 Å². The molecule has 0 radical (unpaired) electrons. The minimum atomic E-state index is -0.853. The largest absolute Gasteiger partial charge is 0.497 e. The molecular weight excluding hydrogens is 494 g/mol. The smallest absolute Gasteiger partial charge is 0.343 e. The molecule has 11 heteroatoms. The van der Waals surface area contributed by atoms with E-state index in [0.29, 0.717) is 16.9 Å². The van der Waals surface area contributed by atoms with Gasteiger partial charge in [0.15, 0.2) is 11.5 Å². The van der Waals surface area contributed by atoms with Crippen molar-refractivity contribution in [2.75, 3.05) is 26.1 Å². The second kappa shape index (κ2) is 12.5. The number of nitro groups is 1. The number of methoxy groups -OCH3 is 2. The van der Waals surface area contributed by atoms with Crippen LogP contribution in [0.2, 0.25) is 0 Å². The van der Waals surface area contributed by atoms with Gasteiger partial charge in [0, 0.05) is 0 Å².